The van der Waals surface area contributed by atoms with Gasteiger partial charge in [-0.15, -0.1) is 0 Å². The Morgan fingerprint density at radius 3 is 2.05 bits per heavy atom. The molecule has 0 spiro atoms. The molecule has 0 aromatic heterocycles. The molecule has 2 bridgehead atoms. The number of fused-ring (bicyclic) bond motifs is 1. The first-order valence-electron chi connectivity index (χ1n) is 14.3. The number of Topliss-reactive ketones (excluding diaryl/α,β-unsaturated/α-hetero) is 1. The molecule has 3 saturated carbocycles. The molecule has 0 N–H and O–H groups in total. The summed E-state index contributed by atoms with van der Waals surface area (Å²) in [7, 11) is 0. The lowest BCUT2D eigenvalue weighted by Crippen LogP contribution is -2.37. The minimum Gasteiger partial charge on any atom is -0.462 e. The molecule has 0 aromatic carbocycles. The number of rotatable bonds is 8. The Balaban J connectivity index is 0.000000192. The summed E-state index contributed by atoms with van der Waals surface area (Å²) in [6, 6.07) is 0. The van der Waals surface area contributed by atoms with E-state index in [1.807, 2.05) is 0 Å². The van der Waals surface area contributed by atoms with E-state index in [1.54, 1.807) is 13.8 Å². The zero-order chi connectivity index (χ0) is 32.7. The van der Waals surface area contributed by atoms with Gasteiger partial charge in [0.15, 0.2) is 18.5 Å². The molecule has 5 rings (SSSR count). The summed E-state index contributed by atoms with van der Waals surface area (Å²) < 4.78 is 29.7. The van der Waals surface area contributed by atoms with Crippen molar-refractivity contribution in [1.82, 2.24) is 0 Å². The van der Waals surface area contributed by atoms with Crippen LogP contribution in [0.3, 0.4) is 0 Å². The summed E-state index contributed by atoms with van der Waals surface area (Å²) in [5.74, 6) is -2.28. The van der Waals surface area contributed by atoms with Crippen LogP contribution < -0.4 is 0 Å². The second-order valence-corrected chi connectivity index (χ2v) is 11.4. The summed E-state index contributed by atoms with van der Waals surface area (Å²) in [6.45, 7) is 14.6. The van der Waals surface area contributed by atoms with Crippen LogP contribution in [0.2, 0.25) is 0 Å². The molecular weight excluding hydrogens is 580 g/mol. The van der Waals surface area contributed by atoms with Gasteiger partial charge < -0.3 is 28.4 Å². The van der Waals surface area contributed by atoms with E-state index < -0.39 is 48.8 Å². The lowest BCUT2D eigenvalue weighted by molar-refractivity contribution is -0.168. The molecule has 0 aromatic rings. The molecule has 5 aliphatic rings. The molecule has 2 aliphatic heterocycles. The molecule has 0 amide bonds. The van der Waals surface area contributed by atoms with Crippen molar-refractivity contribution >= 4 is 41.6 Å². The van der Waals surface area contributed by atoms with E-state index in [9.17, 15) is 33.6 Å². The van der Waals surface area contributed by atoms with Crippen LogP contribution in [0.5, 0.6) is 0 Å². The van der Waals surface area contributed by atoms with E-state index in [1.165, 1.54) is 6.92 Å². The van der Waals surface area contributed by atoms with Crippen molar-refractivity contribution in [1.29, 1.82) is 0 Å². The van der Waals surface area contributed by atoms with Crippen molar-refractivity contribution in [3.8, 4) is 0 Å². The van der Waals surface area contributed by atoms with Gasteiger partial charge in [-0.3, -0.25) is 14.4 Å². The van der Waals surface area contributed by atoms with Crippen molar-refractivity contribution in [2.45, 2.75) is 83.7 Å². The Morgan fingerprint density at radius 2 is 1.50 bits per heavy atom. The molecule has 240 valence electrons. The number of ether oxygens (including phenoxy) is 6. The third kappa shape index (κ3) is 8.87. The number of ketones is 1. The van der Waals surface area contributed by atoms with Crippen LogP contribution in [0.15, 0.2) is 36.5 Å². The molecule has 0 radical (unpaired) electrons. The van der Waals surface area contributed by atoms with Crippen LogP contribution in [0.1, 0.15) is 59.3 Å². The van der Waals surface area contributed by atoms with Crippen LogP contribution in [-0.2, 0) is 62.0 Å². The SMILES string of the molecule is C=C(C)C(=O)OC1CCCC1=O.C=C(C)C(=O)OC1COC(=O)C1.C=C(C)C(=O)OCC(=O)OC1C2CC3C(=O)OC1C3C2. The minimum absolute atomic E-state index is 0.0128. The molecule has 13 nitrogen and oxygen atoms in total. The second-order valence-electron chi connectivity index (χ2n) is 11.4. The van der Waals surface area contributed by atoms with E-state index in [4.69, 9.17) is 23.7 Å². The van der Waals surface area contributed by atoms with Gasteiger partial charge in [0.1, 0.15) is 24.9 Å². The van der Waals surface area contributed by atoms with Crippen LogP contribution in [0, 0.1) is 17.8 Å². The normalized spacial score (nSPS) is 28.7. The van der Waals surface area contributed by atoms with Gasteiger partial charge in [-0.1, -0.05) is 19.7 Å². The van der Waals surface area contributed by atoms with Gasteiger partial charge in [0, 0.05) is 35.0 Å². The standard InChI is InChI=1S/C14H16O6.C9H12O3.C8H10O4/c1-6(2)13(16)18-5-10(15)19-11-7-3-8-9(4-7)14(17)20-12(8)11;1-6(2)9(11)12-8-5-3-4-7(8)10;1-5(2)8(10)12-6-3-7(9)11-4-6/h7-9,11-12H,1,3-5H2,2H3;8H,1,3-5H2,2H3;6H,1,3-4H2,2H3. The van der Waals surface area contributed by atoms with Crippen molar-refractivity contribution < 1.29 is 62.0 Å². The zero-order valence-corrected chi connectivity index (χ0v) is 25.1. The molecule has 2 heterocycles. The highest BCUT2D eigenvalue weighted by molar-refractivity contribution is 5.92. The zero-order valence-electron chi connectivity index (χ0n) is 25.1. The number of carbonyl (C=O) groups is 7. The molecule has 7 atom stereocenters. The third-order valence-corrected chi connectivity index (χ3v) is 7.64. The average Bonchev–Trinajstić information content (AvgIpc) is 3.76. The highest BCUT2D eigenvalue weighted by Gasteiger charge is 2.63. The maximum Gasteiger partial charge on any atom is 0.344 e. The van der Waals surface area contributed by atoms with Gasteiger partial charge in [0.05, 0.1) is 12.3 Å². The van der Waals surface area contributed by atoms with Crippen LogP contribution in [0.4, 0.5) is 0 Å². The van der Waals surface area contributed by atoms with Crippen molar-refractivity contribution in [3.05, 3.63) is 36.5 Å². The highest BCUT2D eigenvalue weighted by Crippen LogP contribution is 2.55. The summed E-state index contributed by atoms with van der Waals surface area (Å²) in [5.41, 5.74) is 0.898. The van der Waals surface area contributed by atoms with E-state index in [0.29, 0.717) is 24.0 Å². The minimum atomic E-state index is -0.623. The highest BCUT2D eigenvalue weighted by atomic mass is 16.6. The number of carbonyl (C=O) groups excluding carboxylic acids is 7. The molecule has 7 unspecified atom stereocenters. The lowest BCUT2D eigenvalue weighted by atomic mass is 9.88. The maximum absolute atomic E-state index is 11.7. The molecule has 44 heavy (non-hydrogen) atoms. The fourth-order valence-electron chi connectivity index (χ4n) is 5.45. The largest absolute Gasteiger partial charge is 0.462 e. The molecule has 13 heteroatoms. The fraction of sp³-hybridized carbons (Fsp3) is 0.581. The summed E-state index contributed by atoms with van der Waals surface area (Å²) in [6.07, 6.45) is 2.13. The van der Waals surface area contributed by atoms with E-state index >= 15 is 0 Å². The number of esters is 6. The van der Waals surface area contributed by atoms with E-state index in [-0.39, 0.29) is 60.2 Å². The maximum atomic E-state index is 11.7. The van der Waals surface area contributed by atoms with Gasteiger partial charge in [0.25, 0.3) is 0 Å². The average molecular weight is 619 g/mol. The van der Waals surface area contributed by atoms with Crippen LogP contribution in [-0.4, -0.2) is 79.2 Å². The first kappa shape index (κ1) is 34.2. The van der Waals surface area contributed by atoms with Crippen molar-refractivity contribution in [3.63, 3.8) is 0 Å². The van der Waals surface area contributed by atoms with Crippen LogP contribution >= 0.6 is 0 Å². The quantitative estimate of drug-likeness (QED) is 0.220. The van der Waals surface area contributed by atoms with Crippen LogP contribution in [0.25, 0.3) is 0 Å². The topological polar surface area (TPSA) is 175 Å². The Morgan fingerprint density at radius 1 is 0.864 bits per heavy atom. The van der Waals surface area contributed by atoms with Gasteiger partial charge >= 0.3 is 35.8 Å². The Labute approximate surface area is 254 Å². The Hall–Kier alpha value is -4.29. The van der Waals surface area contributed by atoms with Gasteiger partial charge in [-0.25, -0.2) is 19.2 Å². The molecule has 5 fully saturated rings. The Bertz CT molecular complexity index is 1250. The van der Waals surface area contributed by atoms with E-state index in [0.717, 1.165) is 19.3 Å². The summed E-state index contributed by atoms with van der Waals surface area (Å²) in [4.78, 5) is 77.9. The molecule has 3 aliphatic carbocycles. The first-order chi connectivity index (χ1) is 20.7. The summed E-state index contributed by atoms with van der Waals surface area (Å²) >= 11 is 0. The molecular formula is C31H38O13. The van der Waals surface area contributed by atoms with Gasteiger partial charge in [-0.05, 0) is 46.5 Å². The smallest absolute Gasteiger partial charge is 0.344 e. The monoisotopic (exact) mass is 618 g/mol. The second kappa shape index (κ2) is 14.9. The Kier molecular flexibility index (Phi) is 11.6. The van der Waals surface area contributed by atoms with Crippen molar-refractivity contribution in [2.24, 2.45) is 17.8 Å². The fourth-order valence-corrected chi connectivity index (χ4v) is 5.45. The predicted molar refractivity (Wildman–Crippen MR) is 149 cm³/mol. The number of cyclic esters (lactones) is 1. The van der Waals surface area contributed by atoms with Crippen molar-refractivity contribution in [2.75, 3.05) is 13.2 Å². The molecule has 2 saturated heterocycles. The van der Waals surface area contributed by atoms with Gasteiger partial charge in [0.2, 0.25) is 0 Å². The third-order valence-electron chi connectivity index (χ3n) is 7.64. The van der Waals surface area contributed by atoms with E-state index in [2.05, 4.69) is 24.5 Å². The number of hydrogen-bond acceptors (Lipinski definition) is 13. The first-order valence-corrected chi connectivity index (χ1v) is 14.3. The summed E-state index contributed by atoms with van der Waals surface area (Å²) in [5, 5.41) is 0. The lowest BCUT2D eigenvalue weighted by Gasteiger charge is -2.25. The predicted octanol–water partition coefficient (Wildman–Crippen LogP) is 2.25. The number of hydrogen-bond donors (Lipinski definition) is 0. The van der Waals surface area contributed by atoms with Gasteiger partial charge in [-0.2, -0.15) is 0 Å².